The van der Waals surface area contributed by atoms with Crippen molar-refractivity contribution in [3.8, 4) is 5.75 Å². The van der Waals surface area contributed by atoms with E-state index in [0.29, 0.717) is 19.5 Å². The van der Waals surface area contributed by atoms with Crippen LogP contribution in [0.4, 0.5) is 4.39 Å². The van der Waals surface area contributed by atoms with Crippen molar-refractivity contribution in [1.29, 1.82) is 0 Å². The van der Waals surface area contributed by atoms with Crippen LogP contribution in [0.3, 0.4) is 0 Å². The van der Waals surface area contributed by atoms with Crippen LogP contribution in [0.25, 0.3) is 6.08 Å². The predicted octanol–water partition coefficient (Wildman–Crippen LogP) is 4.61. The first-order valence-electron chi connectivity index (χ1n) is 8.08. The maximum absolute atomic E-state index is 13.3. The van der Waals surface area contributed by atoms with Gasteiger partial charge in [-0.25, -0.2) is 4.39 Å². The highest BCUT2D eigenvalue weighted by Gasteiger charge is 2.16. The molecule has 0 aromatic heterocycles. The lowest BCUT2D eigenvalue weighted by Gasteiger charge is -2.21. The van der Waals surface area contributed by atoms with Crippen LogP contribution in [-0.2, 0) is 11.3 Å². The third-order valence-electron chi connectivity index (χ3n) is 3.73. The topological polar surface area (TPSA) is 29.5 Å². The number of hydrogen-bond acceptors (Lipinski definition) is 2. The minimum Gasteiger partial charge on any atom is -0.497 e. The third-order valence-corrected chi connectivity index (χ3v) is 3.73. The Bertz CT molecular complexity index is 723. The van der Waals surface area contributed by atoms with Gasteiger partial charge in [0.2, 0.25) is 0 Å². The second-order valence-corrected chi connectivity index (χ2v) is 5.58. The van der Waals surface area contributed by atoms with Gasteiger partial charge < -0.3 is 9.64 Å². The summed E-state index contributed by atoms with van der Waals surface area (Å²) in [6.45, 7) is 3.86. The summed E-state index contributed by atoms with van der Waals surface area (Å²) in [5, 5.41) is 0. The summed E-state index contributed by atoms with van der Waals surface area (Å²) in [5.74, 6) is -0.883. The molecule has 0 fully saturated rings. The highest BCUT2D eigenvalue weighted by Crippen LogP contribution is 2.15. The maximum Gasteiger partial charge on any atom is 0.282 e. The molecule has 0 aliphatic heterocycles. The normalized spacial score (nSPS) is 10.6. The quantitative estimate of drug-likeness (QED) is 0.657. The smallest absolute Gasteiger partial charge is 0.282 e. The lowest BCUT2D eigenvalue weighted by Crippen LogP contribution is -2.31. The van der Waals surface area contributed by atoms with Gasteiger partial charge in [0.25, 0.3) is 5.91 Å². The summed E-state index contributed by atoms with van der Waals surface area (Å²) >= 11 is 0. The summed E-state index contributed by atoms with van der Waals surface area (Å²) < 4.78 is 18.4. The van der Waals surface area contributed by atoms with Crippen molar-refractivity contribution in [2.45, 2.75) is 13.0 Å². The molecule has 25 heavy (non-hydrogen) atoms. The summed E-state index contributed by atoms with van der Waals surface area (Å²) in [7, 11) is 1.59. The molecular weight excluding hydrogens is 317 g/mol. The molecule has 0 atom stereocenters. The molecule has 0 bridgehead atoms. The van der Waals surface area contributed by atoms with Crippen molar-refractivity contribution in [3.63, 3.8) is 0 Å². The van der Waals surface area contributed by atoms with Gasteiger partial charge in [0.15, 0.2) is 5.83 Å². The second-order valence-electron chi connectivity index (χ2n) is 5.58. The van der Waals surface area contributed by atoms with Crippen molar-refractivity contribution in [3.05, 3.63) is 84.2 Å². The summed E-state index contributed by atoms with van der Waals surface area (Å²) in [6, 6.07) is 17.2. The molecule has 0 N–H and O–H groups in total. The number of halogens is 1. The fraction of sp³-hybridized carbons (Fsp3) is 0.190. The fourth-order valence-corrected chi connectivity index (χ4v) is 2.39. The van der Waals surface area contributed by atoms with E-state index in [1.165, 1.54) is 4.90 Å². The third kappa shape index (κ3) is 5.92. The van der Waals surface area contributed by atoms with Crippen LogP contribution in [0.5, 0.6) is 5.75 Å². The van der Waals surface area contributed by atoms with E-state index in [1.807, 2.05) is 66.7 Å². The Labute approximate surface area is 148 Å². The largest absolute Gasteiger partial charge is 0.497 e. The molecule has 0 unspecified atom stereocenters. The summed E-state index contributed by atoms with van der Waals surface area (Å²) in [5.41, 5.74) is 1.99. The van der Waals surface area contributed by atoms with Gasteiger partial charge >= 0.3 is 0 Å². The molecule has 0 spiro atoms. The monoisotopic (exact) mass is 339 g/mol. The van der Waals surface area contributed by atoms with Crippen LogP contribution >= 0.6 is 0 Å². The van der Waals surface area contributed by atoms with Gasteiger partial charge in [-0.3, -0.25) is 4.79 Å². The Hall–Kier alpha value is -2.88. The van der Waals surface area contributed by atoms with E-state index >= 15 is 0 Å². The molecule has 2 aromatic rings. The number of methoxy groups -OCH3 is 1. The molecule has 0 aliphatic rings. The van der Waals surface area contributed by atoms with Gasteiger partial charge in [0.05, 0.1) is 7.11 Å². The number of nitrogens with zero attached hydrogens (tertiary/aromatic N) is 1. The average Bonchev–Trinajstić information content (AvgIpc) is 2.65. The molecule has 3 nitrogen and oxygen atoms in total. The van der Waals surface area contributed by atoms with E-state index in [0.717, 1.165) is 16.9 Å². The molecular formula is C21H22FNO2. The van der Waals surface area contributed by atoms with Gasteiger partial charge in [0, 0.05) is 13.1 Å². The molecule has 0 radical (unpaired) electrons. The first kappa shape index (κ1) is 18.5. The number of rotatable bonds is 8. The van der Waals surface area contributed by atoms with Crippen LogP contribution in [0, 0.1) is 0 Å². The molecule has 0 heterocycles. The second kappa shape index (κ2) is 9.42. The Morgan fingerprint density at radius 3 is 2.44 bits per heavy atom. The maximum atomic E-state index is 13.3. The van der Waals surface area contributed by atoms with E-state index in [1.54, 1.807) is 7.11 Å². The highest BCUT2D eigenvalue weighted by molar-refractivity contribution is 5.90. The highest BCUT2D eigenvalue weighted by atomic mass is 19.1. The molecule has 0 saturated carbocycles. The number of ether oxygens (including phenoxy) is 1. The number of carbonyl (C=O) groups is 1. The number of amides is 1. The zero-order chi connectivity index (χ0) is 18.1. The van der Waals surface area contributed by atoms with Crippen LogP contribution in [0.15, 0.2) is 73.1 Å². The van der Waals surface area contributed by atoms with Crippen LogP contribution in [-0.4, -0.2) is 24.5 Å². The Morgan fingerprint density at radius 2 is 1.84 bits per heavy atom. The SMILES string of the molecule is C=C(F)C(=O)N(CC/C=C/c1ccccc1)Cc1ccc(OC)cc1. The van der Waals surface area contributed by atoms with Gasteiger partial charge in [-0.05, 0) is 29.7 Å². The molecule has 0 saturated heterocycles. The Balaban J connectivity index is 1.98. The van der Waals surface area contributed by atoms with Crippen LogP contribution < -0.4 is 4.74 Å². The first-order valence-corrected chi connectivity index (χ1v) is 8.08. The number of benzene rings is 2. The number of hydrogen-bond donors (Lipinski definition) is 0. The van der Waals surface area contributed by atoms with E-state index in [9.17, 15) is 9.18 Å². The first-order chi connectivity index (χ1) is 12.1. The zero-order valence-electron chi connectivity index (χ0n) is 14.3. The van der Waals surface area contributed by atoms with Crippen molar-refractivity contribution in [2.75, 3.05) is 13.7 Å². The Morgan fingerprint density at radius 1 is 1.16 bits per heavy atom. The van der Waals surface area contributed by atoms with Gasteiger partial charge in [-0.2, -0.15) is 0 Å². The minimum absolute atomic E-state index is 0.324. The number of carbonyl (C=O) groups excluding carboxylic acids is 1. The molecule has 2 aromatic carbocycles. The van der Waals surface area contributed by atoms with E-state index in [4.69, 9.17) is 4.74 Å². The minimum atomic E-state index is -0.944. The van der Waals surface area contributed by atoms with Gasteiger partial charge in [0.1, 0.15) is 5.75 Å². The standard InChI is InChI=1S/C21H22FNO2/c1-17(22)21(24)23(16-19-11-13-20(25-2)14-12-19)15-7-6-10-18-8-4-3-5-9-18/h3-6,8-14H,1,7,15-16H2,2H3/b10-6+. The van der Waals surface area contributed by atoms with Crippen molar-refractivity contribution in [1.82, 2.24) is 4.90 Å². The Kier molecular flexibility index (Phi) is 6.96. The lowest BCUT2D eigenvalue weighted by atomic mass is 10.1. The summed E-state index contributed by atoms with van der Waals surface area (Å²) in [4.78, 5) is 13.5. The van der Waals surface area contributed by atoms with Crippen LogP contribution in [0.1, 0.15) is 17.5 Å². The van der Waals surface area contributed by atoms with E-state index < -0.39 is 11.7 Å². The fourth-order valence-electron chi connectivity index (χ4n) is 2.39. The van der Waals surface area contributed by atoms with Crippen LogP contribution in [0.2, 0.25) is 0 Å². The van der Waals surface area contributed by atoms with Gasteiger partial charge in [-0.1, -0.05) is 61.2 Å². The molecule has 130 valence electrons. The predicted molar refractivity (Wildman–Crippen MR) is 98.8 cm³/mol. The van der Waals surface area contributed by atoms with E-state index in [2.05, 4.69) is 6.58 Å². The lowest BCUT2D eigenvalue weighted by molar-refractivity contribution is -0.129. The molecule has 4 heteroatoms. The van der Waals surface area contributed by atoms with E-state index in [-0.39, 0.29) is 0 Å². The molecule has 0 aliphatic carbocycles. The summed E-state index contributed by atoms with van der Waals surface area (Å²) in [6.07, 6.45) is 4.59. The van der Waals surface area contributed by atoms with Gasteiger partial charge in [-0.15, -0.1) is 0 Å². The van der Waals surface area contributed by atoms with Crippen molar-refractivity contribution in [2.24, 2.45) is 0 Å². The average molecular weight is 339 g/mol. The molecule has 1 amide bonds. The zero-order valence-corrected chi connectivity index (χ0v) is 14.3. The molecule has 2 rings (SSSR count). The van der Waals surface area contributed by atoms with Crippen molar-refractivity contribution >= 4 is 12.0 Å². The van der Waals surface area contributed by atoms with Crippen molar-refractivity contribution < 1.29 is 13.9 Å².